The molecule has 1 aromatic carbocycles. The van der Waals surface area contributed by atoms with Crippen LogP contribution in [0.15, 0.2) is 24.3 Å². The minimum atomic E-state index is -0.145. The van der Waals surface area contributed by atoms with Crippen LogP contribution in [0.25, 0.3) is 0 Å². The van der Waals surface area contributed by atoms with Gasteiger partial charge in [0.15, 0.2) is 0 Å². The predicted molar refractivity (Wildman–Crippen MR) is 74.0 cm³/mol. The number of methoxy groups -OCH3 is 1. The normalized spacial score (nSPS) is 11.3. The number of nitrogens with one attached hydrogen (secondary N) is 1. The third-order valence-corrected chi connectivity index (χ3v) is 3.10. The third-order valence-electron chi connectivity index (χ3n) is 2.87. The highest BCUT2D eigenvalue weighted by molar-refractivity contribution is 6.30. The molecule has 0 saturated heterocycles. The molecule has 0 aliphatic rings. The van der Waals surface area contributed by atoms with Crippen LogP contribution in [0.1, 0.15) is 25.8 Å². The Balaban J connectivity index is 2.57. The average molecular weight is 270 g/mol. The van der Waals surface area contributed by atoms with Gasteiger partial charge in [0, 0.05) is 30.5 Å². The number of hydrogen-bond donors (Lipinski definition) is 1. The second-order valence-corrected chi connectivity index (χ2v) is 5.35. The molecular formula is C14H20ClNO2. The molecule has 4 heteroatoms. The summed E-state index contributed by atoms with van der Waals surface area (Å²) in [6, 6.07) is 7.72. The lowest BCUT2D eigenvalue weighted by molar-refractivity contribution is -0.122. The Labute approximate surface area is 113 Å². The molecule has 3 nitrogen and oxygen atoms in total. The molecule has 0 bridgehead atoms. The zero-order chi connectivity index (χ0) is 13.6. The van der Waals surface area contributed by atoms with Crippen molar-refractivity contribution in [3.05, 3.63) is 34.9 Å². The smallest absolute Gasteiger partial charge is 0.222 e. The van der Waals surface area contributed by atoms with Crippen molar-refractivity contribution in [1.29, 1.82) is 0 Å². The molecule has 0 aliphatic heterocycles. The first-order valence-electron chi connectivity index (χ1n) is 5.97. The van der Waals surface area contributed by atoms with Gasteiger partial charge in [0.1, 0.15) is 0 Å². The molecule has 100 valence electrons. The molecule has 0 unspecified atom stereocenters. The quantitative estimate of drug-likeness (QED) is 0.862. The van der Waals surface area contributed by atoms with Crippen molar-refractivity contribution in [2.45, 2.75) is 25.7 Å². The van der Waals surface area contributed by atoms with Crippen molar-refractivity contribution < 1.29 is 9.53 Å². The lowest BCUT2D eigenvalue weighted by atomic mass is 9.84. The van der Waals surface area contributed by atoms with Crippen LogP contribution in [0.3, 0.4) is 0 Å². The van der Waals surface area contributed by atoms with Crippen LogP contribution in [0.5, 0.6) is 0 Å². The summed E-state index contributed by atoms with van der Waals surface area (Å²) in [5.41, 5.74) is 0.968. The van der Waals surface area contributed by atoms with Crippen molar-refractivity contribution in [3.8, 4) is 0 Å². The van der Waals surface area contributed by atoms with Crippen LogP contribution in [0.4, 0.5) is 0 Å². The Bertz CT molecular complexity index is 405. The van der Waals surface area contributed by atoms with Gasteiger partial charge < -0.3 is 10.1 Å². The van der Waals surface area contributed by atoms with Gasteiger partial charge in [0.05, 0.1) is 6.61 Å². The maximum Gasteiger partial charge on any atom is 0.222 e. The molecule has 1 amide bonds. The van der Waals surface area contributed by atoms with E-state index < -0.39 is 0 Å². The Morgan fingerprint density at radius 1 is 1.44 bits per heavy atom. The van der Waals surface area contributed by atoms with Crippen molar-refractivity contribution in [1.82, 2.24) is 5.32 Å². The number of halogens is 1. The summed E-state index contributed by atoms with van der Waals surface area (Å²) in [6.07, 6.45) is 0.391. The Hall–Kier alpha value is -1.06. The Morgan fingerprint density at radius 3 is 2.78 bits per heavy atom. The average Bonchev–Trinajstić information content (AvgIpc) is 2.34. The summed E-state index contributed by atoms with van der Waals surface area (Å²) in [7, 11) is 1.59. The van der Waals surface area contributed by atoms with Crippen LogP contribution >= 0.6 is 11.6 Å². The van der Waals surface area contributed by atoms with E-state index in [0.717, 1.165) is 5.56 Å². The molecule has 0 fully saturated rings. The summed E-state index contributed by atoms with van der Waals surface area (Å²) in [5, 5.41) is 3.63. The Morgan fingerprint density at radius 2 is 2.17 bits per heavy atom. The van der Waals surface area contributed by atoms with Gasteiger partial charge in [-0.2, -0.15) is 0 Å². The lowest BCUT2D eigenvalue weighted by Gasteiger charge is -2.25. The van der Waals surface area contributed by atoms with E-state index in [0.29, 0.717) is 24.6 Å². The van der Waals surface area contributed by atoms with E-state index in [2.05, 4.69) is 19.2 Å². The highest BCUT2D eigenvalue weighted by Gasteiger charge is 2.21. The molecular weight excluding hydrogens is 250 g/mol. The van der Waals surface area contributed by atoms with E-state index in [1.807, 2.05) is 24.3 Å². The van der Waals surface area contributed by atoms with Gasteiger partial charge in [0.25, 0.3) is 0 Å². The first-order valence-corrected chi connectivity index (χ1v) is 6.35. The fourth-order valence-electron chi connectivity index (χ4n) is 1.61. The molecule has 0 heterocycles. The molecule has 0 atom stereocenters. The highest BCUT2D eigenvalue weighted by atomic mass is 35.5. The second-order valence-electron chi connectivity index (χ2n) is 4.91. The van der Waals surface area contributed by atoms with Gasteiger partial charge in [-0.1, -0.05) is 37.6 Å². The lowest BCUT2D eigenvalue weighted by Crippen LogP contribution is -2.37. The van der Waals surface area contributed by atoms with Crippen molar-refractivity contribution in [2.75, 3.05) is 20.3 Å². The van der Waals surface area contributed by atoms with Crippen LogP contribution < -0.4 is 5.32 Å². The minimum absolute atomic E-state index is 0.00644. The first-order chi connectivity index (χ1) is 8.45. The van der Waals surface area contributed by atoms with Crippen LogP contribution in [-0.4, -0.2) is 26.2 Å². The number of benzene rings is 1. The van der Waals surface area contributed by atoms with Crippen LogP contribution in [-0.2, 0) is 14.9 Å². The molecule has 0 aliphatic carbocycles. The maximum absolute atomic E-state index is 11.5. The van der Waals surface area contributed by atoms with Gasteiger partial charge in [-0.3, -0.25) is 4.79 Å². The van der Waals surface area contributed by atoms with Crippen molar-refractivity contribution in [3.63, 3.8) is 0 Å². The van der Waals surface area contributed by atoms with E-state index in [-0.39, 0.29) is 11.3 Å². The molecule has 0 saturated carbocycles. The number of ether oxygens (including phenoxy) is 1. The number of hydrogen-bond acceptors (Lipinski definition) is 2. The monoisotopic (exact) mass is 269 g/mol. The molecule has 1 rings (SSSR count). The van der Waals surface area contributed by atoms with Gasteiger partial charge in [-0.05, 0) is 17.7 Å². The fraction of sp³-hybridized carbons (Fsp3) is 0.500. The number of carbonyl (C=O) groups excluding carboxylic acids is 1. The molecule has 0 aromatic heterocycles. The van der Waals surface area contributed by atoms with Gasteiger partial charge in [-0.15, -0.1) is 0 Å². The summed E-state index contributed by atoms with van der Waals surface area (Å²) in [4.78, 5) is 11.5. The zero-order valence-corrected chi connectivity index (χ0v) is 11.9. The van der Waals surface area contributed by atoms with E-state index in [1.54, 1.807) is 7.11 Å². The van der Waals surface area contributed by atoms with Crippen LogP contribution in [0, 0.1) is 0 Å². The standard InChI is InChI=1S/C14H20ClNO2/c1-14(2,10-16-13(17)7-8-18-3)11-5-4-6-12(15)9-11/h4-6,9H,7-8,10H2,1-3H3,(H,16,17). The molecule has 1 N–H and O–H groups in total. The molecule has 1 aromatic rings. The van der Waals surface area contributed by atoms with E-state index in [9.17, 15) is 4.79 Å². The van der Waals surface area contributed by atoms with E-state index in [1.165, 1.54) is 0 Å². The van der Waals surface area contributed by atoms with Gasteiger partial charge in [0.2, 0.25) is 5.91 Å². The van der Waals surface area contributed by atoms with Gasteiger partial charge in [-0.25, -0.2) is 0 Å². The first kappa shape index (κ1) is 15.0. The van der Waals surface area contributed by atoms with Crippen molar-refractivity contribution in [2.24, 2.45) is 0 Å². The third kappa shape index (κ3) is 4.67. The zero-order valence-electron chi connectivity index (χ0n) is 11.1. The number of rotatable bonds is 6. The van der Waals surface area contributed by atoms with Gasteiger partial charge >= 0.3 is 0 Å². The van der Waals surface area contributed by atoms with E-state index in [4.69, 9.17) is 16.3 Å². The summed E-state index contributed by atoms with van der Waals surface area (Å²) in [6.45, 7) is 5.18. The number of amides is 1. The Kier molecular flexibility index (Phi) is 5.63. The molecule has 18 heavy (non-hydrogen) atoms. The summed E-state index contributed by atoms with van der Waals surface area (Å²) < 4.78 is 4.87. The summed E-state index contributed by atoms with van der Waals surface area (Å²) in [5.74, 6) is 0.00644. The molecule has 0 radical (unpaired) electrons. The predicted octanol–water partition coefficient (Wildman–Crippen LogP) is 2.77. The minimum Gasteiger partial charge on any atom is -0.384 e. The van der Waals surface area contributed by atoms with Crippen molar-refractivity contribution >= 4 is 17.5 Å². The summed E-state index contributed by atoms with van der Waals surface area (Å²) >= 11 is 5.98. The maximum atomic E-state index is 11.5. The number of carbonyl (C=O) groups is 1. The second kappa shape index (κ2) is 6.76. The highest BCUT2D eigenvalue weighted by Crippen LogP contribution is 2.24. The van der Waals surface area contributed by atoms with E-state index >= 15 is 0 Å². The largest absolute Gasteiger partial charge is 0.384 e. The van der Waals surface area contributed by atoms with Crippen LogP contribution in [0.2, 0.25) is 5.02 Å². The fourth-order valence-corrected chi connectivity index (χ4v) is 1.80. The molecule has 0 spiro atoms. The topological polar surface area (TPSA) is 38.3 Å². The SMILES string of the molecule is COCCC(=O)NCC(C)(C)c1cccc(Cl)c1.